The molecule has 0 aliphatic rings. The fourth-order valence-corrected chi connectivity index (χ4v) is 0.979. The van der Waals surface area contributed by atoms with Gasteiger partial charge in [-0.15, -0.1) is 0 Å². The van der Waals surface area contributed by atoms with Crippen LogP contribution in [-0.4, -0.2) is 34.3 Å². The van der Waals surface area contributed by atoms with E-state index in [4.69, 9.17) is 26.5 Å². The Balaban J connectivity index is 0.000000486. The molecule has 1 aromatic carbocycles. The van der Waals surface area contributed by atoms with E-state index < -0.39 is 18.2 Å². The number of aliphatic carboxylic acids is 1. The first-order valence-electron chi connectivity index (χ1n) is 5.24. The number of amides is 1. The van der Waals surface area contributed by atoms with Crippen LogP contribution in [0.1, 0.15) is 11.1 Å². The van der Waals surface area contributed by atoms with Crippen LogP contribution >= 0.6 is 0 Å². The summed E-state index contributed by atoms with van der Waals surface area (Å²) in [5.41, 5.74) is 12.4. The van der Waals surface area contributed by atoms with E-state index in [2.05, 4.69) is 4.99 Å². The van der Waals surface area contributed by atoms with Crippen molar-refractivity contribution in [2.45, 2.75) is 12.7 Å². The van der Waals surface area contributed by atoms with Crippen LogP contribution in [0, 0.1) is 0 Å². The first-order valence-corrected chi connectivity index (χ1v) is 5.24. The highest BCUT2D eigenvalue weighted by atomic mass is 19.4. The van der Waals surface area contributed by atoms with Crippen LogP contribution in [0.4, 0.5) is 18.0 Å². The van der Waals surface area contributed by atoms with Gasteiger partial charge in [0.1, 0.15) is 5.84 Å². The highest BCUT2D eigenvalue weighted by Crippen LogP contribution is 2.13. The van der Waals surface area contributed by atoms with E-state index in [9.17, 15) is 18.0 Å². The zero-order chi connectivity index (χ0) is 16.6. The molecule has 1 rings (SSSR count). The monoisotopic (exact) mass is 307 g/mol. The van der Waals surface area contributed by atoms with Gasteiger partial charge in [0, 0.05) is 12.1 Å². The summed E-state index contributed by atoms with van der Waals surface area (Å²) in [7, 11) is 0. The molecule has 21 heavy (non-hydrogen) atoms. The van der Waals surface area contributed by atoms with Gasteiger partial charge in [0.05, 0.1) is 0 Å². The van der Waals surface area contributed by atoms with Crippen LogP contribution < -0.4 is 11.5 Å². The van der Waals surface area contributed by atoms with Crippen molar-refractivity contribution < 1.29 is 33.0 Å². The number of nitrogens with zero attached hydrogens (tertiary/aromatic N) is 1. The predicted molar refractivity (Wildman–Crippen MR) is 66.8 cm³/mol. The minimum Gasteiger partial charge on any atom is -0.475 e. The molecule has 0 aromatic heterocycles. The molecule has 0 heterocycles. The number of hydrogen-bond donors (Lipinski definition) is 4. The van der Waals surface area contributed by atoms with Crippen LogP contribution in [0.5, 0.6) is 0 Å². The number of hydrogen-bond acceptors (Lipinski definition) is 3. The van der Waals surface area contributed by atoms with Gasteiger partial charge in [-0.05, 0) is 5.56 Å². The van der Waals surface area contributed by atoms with Crippen molar-refractivity contribution in [2.24, 2.45) is 16.5 Å². The zero-order valence-corrected chi connectivity index (χ0v) is 10.5. The number of nitrogens with two attached hydrogens (primary N) is 2. The molecule has 0 saturated heterocycles. The van der Waals surface area contributed by atoms with Crippen molar-refractivity contribution >= 4 is 17.9 Å². The van der Waals surface area contributed by atoms with Crippen molar-refractivity contribution in [1.29, 1.82) is 0 Å². The molecule has 6 N–H and O–H groups in total. The molecule has 0 radical (unpaired) electrons. The SMILES string of the molecule is NCc1ccc(C(N)=NC(=O)O)cc1.O=C(O)C(F)(F)F. The number of benzene rings is 1. The van der Waals surface area contributed by atoms with Gasteiger partial charge < -0.3 is 21.7 Å². The van der Waals surface area contributed by atoms with E-state index in [0.29, 0.717) is 12.1 Å². The number of carboxylic acids is 1. The zero-order valence-electron chi connectivity index (χ0n) is 10.5. The third-order valence-electron chi connectivity index (χ3n) is 1.94. The van der Waals surface area contributed by atoms with Gasteiger partial charge in [-0.2, -0.15) is 18.2 Å². The molecule has 1 amide bonds. The maximum absolute atomic E-state index is 10.6. The summed E-state index contributed by atoms with van der Waals surface area (Å²) >= 11 is 0. The van der Waals surface area contributed by atoms with E-state index in [-0.39, 0.29) is 5.84 Å². The van der Waals surface area contributed by atoms with Gasteiger partial charge in [-0.1, -0.05) is 24.3 Å². The van der Waals surface area contributed by atoms with Gasteiger partial charge in [0.15, 0.2) is 0 Å². The van der Waals surface area contributed by atoms with Crippen LogP contribution in [0.15, 0.2) is 29.3 Å². The van der Waals surface area contributed by atoms with Crippen LogP contribution in [-0.2, 0) is 11.3 Å². The van der Waals surface area contributed by atoms with E-state index in [1.807, 2.05) is 0 Å². The second-order valence-corrected chi connectivity index (χ2v) is 3.48. The second kappa shape index (κ2) is 7.85. The third kappa shape index (κ3) is 7.52. The molecule has 0 aliphatic heterocycles. The van der Waals surface area contributed by atoms with Gasteiger partial charge in [0.25, 0.3) is 0 Å². The minimum atomic E-state index is -5.08. The lowest BCUT2D eigenvalue weighted by Crippen LogP contribution is -2.21. The summed E-state index contributed by atoms with van der Waals surface area (Å²) in [5, 5.41) is 15.5. The molecule has 0 spiro atoms. The number of carbonyl (C=O) groups is 2. The molecule has 0 bridgehead atoms. The lowest BCUT2D eigenvalue weighted by molar-refractivity contribution is -0.192. The molecule has 0 atom stereocenters. The summed E-state index contributed by atoms with van der Waals surface area (Å²) in [5.74, 6) is -2.77. The van der Waals surface area contributed by atoms with Gasteiger partial charge in [-0.3, -0.25) is 0 Å². The van der Waals surface area contributed by atoms with Crippen molar-refractivity contribution in [1.82, 2.24) is 0 Å². The molecule has 0 aliphatic carbocycles. The quantitative estimate of drug-likeness (QED) is 0.477. The molecule has 10 heteroatoms. The summed E-state index contributed by atoms with van der Waals surface area (Å²) in [4.78, 5) is 22.3. The first kappa shape index (κ1) is 18.4. The fourth-order valence-electron chi connectivity index (χ4n) is 0.979. The molecular formula is C11H12F3N3O4. The molecule has 0 saturated carbocycles. The standard InChI is InChI=1S/C9H11N3O2.C2HF3O2/c10-5-6-1-3-7(4-2-6)8(11)12-9(13)14;3-2(4,5)1(6)7/h1-4H,5,10H2,(H2,11,12)(H,13,14);(H,6,7). The Morgan fingerprint density at radius 2 is 1.57 bits per heavy atom. The number of alkyl halides is 3. The topological polar surface area (TPSA) is 139 Å². The average molecular weight is 307 g/mol. The van der Waals surface area contributed by atoms with E-state index in [1.54, 1.807) is 24.3 Å². The van der Waals surface area contributed by atoms with E-state index >= 15 is 0 Å². The Morgan fingerprint density at radius 3 is 1.86 bits per heavy atom. The fraction of sp³-hybridized carbons (Fsp3) is 0.182. The number of halogens is 3. The molecule has 116 valence electrons. The lowest BCUT2D eigenvalue weighted by Gasteiger charge is -2.00. The molecular weight excluding hydrogens is 295 g/mol. The maximum Gasteiger partial charge on any atom is 0.490 e. The van der Waals surface area contributed by atoms with Gasteiger partial charge in [-0.25, -0.2) is 9.59 Å². The number of amidine groups is 1. The van der Waals surface area contributed by atoms with Crippen molar-refractivity contribution in [3.8, 4) is 0 Å². The Hall–Kier alpha value is -2.62. The van der Waals surface area contributed by atoms with Gasteiger partial charge >= 0.3 is 18.2 Å². The van der Waals surface area contributed by atoms with Crippen molar-refractivity contribution in [3.63, 3.8) is 0 Å². The Kier molecular flexibility index (Phi) is 6.87. The van der Waals surface area contributed by atoms with Crippen molar-refractivity contribution in [3.05, 3.63) is 35.4 Å². The smallest absolute Gasteiger partial charge is 0.475 e. The number of carboxylic acid groups (broad SMARTS) is 2. The predicted octanol–water partition coefficient (Wildman–Crippen LogP) is 1.16. The molecule has 1 aromatic rings. The second-order valence-electron chi connectivity index (χ2n) is 3.48. The lowest BCUT2D eigenvalue weighted by atomic mass is 10.1. The first-order chi connectivity index (χ1) is 9.57. The summed E-state index contributed by atoms with van der Waals surface area (Å²) in [6.07, 6.45) is -6.38. The summed E-state index contributed by atoms with van der Waals surface area (Å²) in [6.45, 7) is 0.441. The summed E-state index contributed by atoms with van der Waals surface area (Å²) in [6, 6.07) is 6.92. The van der Waals surface area contributed by atoms with Crippen LogP contribution in [0.2, 0.25) is 0 Å². The highest BCUT2D eigenvalue weighted by Gasteiger charge is 2.38. The number of aliphatic imine (C=N–C) groups is 1. The Morgan fingerprint density at radius 1 is 1.14 bits per heavy atom. The highest BCUT2D eigenvalue weighted by molar-refractivity contribution is 6.02. The van der Waals surface area contributed by atoms with Gasteiger partial charge in [0.2, 0.25) is 0 Å². The Bertz CT molecular complexity index is 527. The normalized spacial score (nSPS) is 11.3. The largest absolute Gasteiger partial charge is 0.490 e. The maximum atomic E-state index is 10.6. The van der Waals surface area contributed by atoms with E-state index in [1.165, 1.54) is 0 Å². The molecule has 0 fully saturated rings. The Labute approximate surface area is 116 Å². The third-order valence-corrected chi connectivity index (χ3v) is 1.94. The molecule has 7 nitrogen and oxygen atoms in total. The number of rotatable bonds is 2. The average Bonchev–Trinajstić information content (AvgIpc) is 2.37. The van der Waals surface area contributed by atoms with Crippen LogP contribution in [0.25, 0.3) is 0 Å². The van der Waals surface area contributed by atoms with Crippen molar-refractivity contribution in [2.75, 3.05) is 0 Å². The summed E-state index contributed by atoms with van der Waals surface area (Å²) < 4.78 is 31.7. The molecule has 0 unspecified atom stereocenters. The minimum absolute atomic E-state index is 0.0129. The van der Waals surface area contributed by atoms with E-state index in [0.717, 1.165) is 5.56 Å². The van der Waals surface area contributed by atoms with Crippen LogP contribution in [0.3, 0.4) is 0 Å².